The molecule has 0 spiro atoms. The second-order valence-electron chi connectivity index (χ2n) is 3.87. The molecule has 0 atom stereocenters. The van der Waals surface area contributed by atoms with Crippen molar-refractivity contribution in [2.24, 2.45) is 0 Å². The highest BCUT2D eigenvalue weighted by Gasteiger charge is 2.34. The zero-order valence-electron chi connectivity index (χ0n) is 9.50. The van der Waals surface area contributed by atoms with Gasteiger partial charge in [-0.1, -0.05) is 18.2 Å². The van der Waals surface area contributed by atoms with Crippen LogP contribution in [0.15, 0.2) is 40.2 Å². The van der Waals surface area contributed by atoms with E-state index < -0.39 is 17.5 Å². The number of halogens is 4. The molecule has 1 nitrogen and oxygen atoms in total. The minimum absolute atomic E-state index is 0.0244. The van der Waals surface area contributed by atoms with Crippen molar-refractivity contribution in [2.75, 3.05) is 0 Å². The monoisotopic (exact) mass is 348 g/mol. The summed E-state index contributed by atoms with van der Waals surface area (Å²) in [6, 6.07) is 6.60. The molecule has 0 aliphatic heterocycles. The van der Waals surface area contributed by atoms with Crippen LogP contribution in [0, 0.1) is 0 Å². The van der Waals surface area contributed by atoms with Crippen LogP contribution in [0.5, 0.6) is 0 Å². The highest BCUT2D eigenvalue weighted by atomic mass is 79.9. The van der Waals surface area contributed by atoms with Crippen molar-refractivity contribution in [1.29, 1.82) is 0 Å². The van der Waals surface area contributed by atoms with Crippen LogP contribution in [-0.2, 0) is 12.6 Å². The lowest BCUT2D eigenvalue weighted by atomic mass is 10.0. The number of ketones is 1. The van der Waals surface area contributed by atoms with Gasteiger partial charge in [0.1, 0.15) is 0 Å². The SMILES string of the molecule is O=C(Cc1cc(Br)cs1)c1ccccc1C(F)(F)F. The molecule has 0 saturated carbocycles. The van der Waals surface area contributed by atoms with E-state index >= 15 is 0 Å². The van der Waals surface area contributed by atoms with E-state index in [0.717, 1.165) is 15.4 Å². The zero-order chi connectivity index (χ0) is 14.0. The number of Topliss-reactive ketones (excluding diaryl/α,β-unsaturated/α-hetero) is 1. The minimum Gasteiger partial charge on any atom is -0.294 e. The van der Waals surface area contributed by atoms with Gasteiger partial charge in [0, 0.05) is 26.7 Å². The molecule has 6 heteroatoms. The van der Waals surface area contributed by atoms with E-state index in [2.05, 4.69) is 15.9 Å². The van der Waals surface area contributed by atoms with Crippen molar-refractivity contribution < 1.29 is 18.0 Å². The molecule has 0 unspecified atom stereocenters. The van der Waals surface area contributed by atoms with Crippen LogP contribution in [0.3, 0.4) is 0 Å². The number of carbonyl (C=O) groups excluding carboxylic acids is 1. The molecule has 1 aromatic carbocycles. The topological polar surface area (TPSA) is 17.1 Å². The van der Waals surface area contributed by atoms with Gasteiger partial charge in [-0.2, -0.15) is 13.2 Å². The van der Waals surface area contributed by atoms with Gasteiger partial charge >= 0.3 is 6.18 Å². The van der Waals surface area contributed by atoms with Gasteiger partial charge in [-0.05, 0) is 28.1 Å². The zero-order valence-corrected chi connectivity index (χ0v) is 11.9. The van der Waals surface area contributed by atoms with Crippen LogP contribution in [0.1, 0.15) is 20.8 Å². The van der Waals surface area contributed by atoms with Gasteiger partial charge in [0.05, 0.1) is 5.56 Å². The van der Waals surface area contributed by atoms with E-state index in [1.54, 1.807) is 11.4 Å². The first-order chi connectivity index (χ1) is 8.88. The third-order valence-corrected chi connectivity index (χ3v) is 4.19. The molecule has 1 heterocycles. The van der Waals surface area contributed by atoms with Crippen LogP contribution >= 0.6 is 27.3 Å². The maximum atomic E-state index is 12.8. The summed E-state index contributed by atoms with van der Waals surface area (Å²) in [6.45, 7) is 0. The van der Waals surface area contributed by atoms with Crippen LogP contribution in [0.4, 0.5) is 13.2 Å². The summed E-state index contributed by atoms with van der Waals surface area (Å²) in [5.41, 5.74) is -1.16. The van der Waals surface area contributed by atoms with Crippen molar-refractivity contribution in [3.63, 3.8) is 0 Å². The standard InChI is InChI=1S/C13H8BrF3OS/c14-8-5-9(19-7-8)6-12(18)10-3-1-2-4-11(10)13(15,16)17/h1-5,7H,6H2. The maximum absolute atomic E-state index is 12.8. The summed E-state index contributed by atoms with van der Waals surface area (Å²) in [6.07, 6.45) is -4.54. The Morgan fingerprint density at radius 2 is 1.95 bits per heavy atom. The van der Waals surface area contributed by atoms with Gasteiger partial charge in [0.15, 0.2) is 5.78 Å². The van der Waals surface area contributed by atoms with Gasteiger partial charge in [0.25, 0.3) is 0 Å². The van der Waals surface area contributed by atoms with E-state index in [1.165, 1.54) is 29.5 Å². The third-order valence-electron chi connectivity index (χ3n) is 2.49. The maximum Gasteiger partial charge on any atom is 0.417 e. The molecule has 1 aromatic heterocycles. The Bertz CT molecular complexity index is 604. The number of hydrogen-bond acceptors (Lipinski definition) is 2. The van der Waals surface area contributed by atoms with Crippen molar-refractivity contribution in [2.45, 2.75) is 12.6 Å². The molecule has 0 amide bonds. The number of hydrogen-bond donors (Lipinski definition) is 0. The number of carbonyl (C=O) groups is 1. The number of rotatable bonds is 3. The van der Waals surface area contributed by atoms with Crippen LogP contribution < -0.4 is 0 Å². The molecule has 0 fully saturated rings. The Balaban J connectivity index is 2.29. The first-order valence-corrected chi connectivity index (χ1v) is 6.97. The molecule has 0 bridgehead atoms. The van der Waals surface area contributed by atoms with E-state index in [0.29, 0.717) is 0 Å². The Labute approximate surface area is 120 Å². The van der Waals surface area contributed by atoms with Crippen molar-refractivity contribution in [3.05, 3.63) is 56.2 Å². The van der Waals surface area contributed by atoms with Gasteiger partial charge < -0.3 is 0 Å². The molecular weight excluding hydrogens is 341 g/mol. The van der Waals surface area contributed by atoms with Gasteiger partial charge in [-0.15, -0.1) is 11.3 Å². The van der Waals surface area contributed by atoms with Crippen molar-refractivity contribution in [3.8, 4) is 0 Å². The Hall–Kier alpha value is -1.14. The molecule has 100 valence electrons. The molecule has 0 saturated heterocycles. The highest BCUT2D eigenvalue weighted by molar-refractivity contribution is 9.10. The first-order valence-electron chi connectivity index (χ1n) is 5.30. The Kier molecular flexibility index (Phi) is 4.10. The Morgan fingerprint density at radius 3 is 2.53 bits per heavy atom. The highest BCUT2D eigenvalue weighted by Crippen LogP contribution is 2.32. The van der Waals surface area contributed by atoms with Crippen LogP contribution in [0.2, 0.25) is 0 Å². The van der Waals surface area contributed by atoms with Gasteiger partial charge in [-0.3, -0.25) is 4.79 Å². The van der Waals surface area contributed by atoms with Gasteiger partial charge in [-0.25, -0.2) is 0 Å². The summed E-state index contributed by atoms with van der Waals surface area (Å²) in [7, 11) is 0. The number of thiophene rings is 1. The van der Waals surface area contributed by atoms with E-state index in [4.69, 9.17) is 0 Å². The smallest absolute Gasteiger partial charge is 0.294 e. The largest absolute Gasteiger partial charge is 0.417 e. The fraction of sp³-hybridized carbons (Fsp3) is 0.154. The normalized spacial score (nSPS) is 11.6. The molecular formula is C13H8BrF3OS. The molecule has 2 aromatic rings. The minimum atomic E-state index is -4.51. The van der Waals surface area contributed by atoms with Crippen LogP contribution in [0.25, 0.3) is 0 Å². The molecule has 0 aliphatic rings. The van der Waals surface area contributed by atoms with Crippen molar-refractivity contribution in [1.82, 2.24) is 0 Å². The van der Waals surface area contributed by atoms with E-state index in [-0.39, 0.29) is 12.0 Å². The van der Waals surface area contributed by atoms with E-state index in [1.807, 2.05) is 0 Å². The molecule has 19 heavy (non-hydrogen) atoms. The van der Waals surface area contributed by atoms with Crippen molar-refractivity contribution >= 4 is 33.0 Å². The fourth-order valence-corrected chi connectivity index (χ4v) is 3.12. The lowest BCUT2D eigenvalue weighted by Gasteiger charge is -2.11. The molecule has 0 radical (unpaired) electrons. The number of alkyl halides is 3. The fourth-order valence-electron chi connectivity index (χ4n) is 1.67. The lowest BCUT2D eigenvalue weighted by Crippen LogP contribution is -2.14. The second-order valence-corrected chi connectivity index (χ2v) is 5.79. The summed E-state index contributed by atoms with van der Waals surface area (Å²) in [5.74, 6) is -0.526. The second kappa shape index (κ2) is 5.46. The third kappa shape index (κ3) is 3.45. The first kappa shape index (κ1) is 14.3. The molecule has 2 rings (SSSR count). The van der Waals surface area contributed by atoms with E-state index in [9.17, 15) is 18.0 Å². The van der Waals surface area contributed by atoms with Crippen LogP contribution in [-0.4, -0.2) is 5.78 Å². The average molecular weight is 349 g/mol. The molecule has 0 aliphatic carbocycles. The number of benzene rings is 1. The molecule has 0 N–H and O–H groups in total. The lowest BCUT2D eigenvalue weighted by molar-refractivity contribution is -0.137. The predicted molar refractivity (Wildman–Crippen MR) is 71.5 cm³/mol. The predicted octanol–water partition coefficient (Wildman–Crippen LogP) is 4.95. The van der Waals surface area contributed by atoms with Gasteiger partial charge in [0.2, 0.25) is 0 Å². The summed E-state index contributed by atoms with van der Waals surface area (Å²) >= 11 is 4.58. The summed E-state index contributed by atoms with van der Waals surface area (Å²) in [5, 5.41) is 1.79. The summed E-state index contributed by atoms with van der Waals surface area (Å²) < 4.78 is 39.2. The Morgan fingerprint density at radius 1 is 1.26 bits per heavy atom. The average Bonchev–Trinajstić information content (AvgIpc) is 2.73. The quantitative estimate of drug-likeness (QED) is 0.717. The summed E-state index contributed by atoms with van der Waals surface area (Å²) in [4.78, 5) is 12.7.